The Balaban J connectivity index is 2.88. The van der Waals surface area contributed by atoms with Crippen LogP contribution in [-0.4, -0.2) is 9.97 Å². The molecule has 0 saturated carbocycles. The quantitative estimate of drug-likeness (QED) is 0.675. The molecule has 0 spiro atoms. The number of H-pyrrole nitrogens is 1. The molecule has 1 aromatic rings. The third-order valence-electron chi connectivity index (χ3n) is 1.94. The van der Waals surface area contributed by atoms with E-state index in [0.29, 0.717) is 0 Å². The Morgan fingerprint density at radius 2 is 2.18 bits per heavy atom. The second-order valence-corrected chi connectivity index (χ2v) is 2.85. The molecule has 1 heterocycles. The minimum atomic E-state index is 0.0578. The minimum absolute atomic E-state index is 0.0578. The van der Waals surface area contributed by atoms with Crippen LogP contribution in [0, 0.1) is 13.8 Å². The van der Waals surface area contributed by atoms with E-state index < -0.39 is 0 Å². The molecule has 0 aliphatic carbocycles. The highest BCUT2D eigenvalue weighted by Gasteiger charge is 2.08. The van der Waals surface area contributed by atoms with Gasteiger partial charge in [-0.1, -0.05) is 6.92 Å². The first-order valence-electron chi connectivity index (χ1n) is 3.93. The second kappa shape index (κ2) is 3.05. The highest BCUT2D eigenvalue weighted by molar-refractivity contribution is 5.12. The maximum atomic E-state index is 5.78. The van der Waals surface area contributed by atoms with Gasteiger partial charge in [0.25, 0.3) is 0 Å². The molecule has 0 amide bonds. The lowest BCUT2D eigenvalue weighted by Crippen LogP contribution is -2.10. The van der Waals surface area contributed by atoms with E-state index in [1.807, 2.05) is 13.8 Å². The number of rotatable bonds is 2. The molecule has 0 fully saturated rings. The summed E-state index contributed by atoms with van der Waals surface area (Å²) in [6.07, 6.45) is 0.923. The van der Waals surface area contributed by atoms with Gasteiger partial charge in [0.1, 0.15) is 5.82 Å². The number of aromatic nitrogens is 2. The SMILES string of the molecule is CC[C@@H](N)c1nc(C)c(C)[nH]1. The maximum absolute atomic E-state index is 5.78. The monoisotopic (exact) mass is 153 g/mol. The van der Waals surface area contributed by atoms with Gasteiger partial charge in [-0.15, -0.1) is 0 Å². The van der Waals surface area contributed by atoms with Gasteiger partial charge in [-0.2, -0.15) is 0 Å². The van der Waals surface area contributed by atoms with E-state index in [0.717, 1.165) is 23.6 Å². The third kappa shape index (κ3) is 1.60. The fourth-order valence-electron chi connectivity index (χ4n) is 0.944. The summed E-state index contributed by atoms with van der Waals surface area (Å²) in [5, 5.41) is 0. The van der Waals surface area contributed by atoms with Crippen LogP contribution in [0.25, 0.3) is 0 Å². The first-order valence-corrected chi connectivity index (χ1v) is 3.93. The summed E-state index contributed by atoms with van der Waals surface area (Å²) >= 11 is 0. The standard InChI is InChI=1S/C8H15N3/c1-4-7(9)8-10-5(2)6(3)11-8/h7H,4,9H2,1-3H3,(H,10,11)/t7-/m1/s1. The summed E-state index contributed by atoms with van der Waals surface area (Å²) in [6, 6.07) is 0.0578. The van der Waals surface area contributed by atoms with Crippen LogP contribution < -0.4 is 5.73 Å². The summed E-state index contributed by atoms with van der Waals surface area (Å²) in [7, 11) is 0. The van der Waals surface area contributed by atoms with E-state index in [1.165, 1.54) is 0 Å². The van der Waals surface area contributed by atoms with E-state index in [9.17, 15) is 0 Å². The Kier molecular flexibility index (Phi) is 2.29. The van der Waals surface area contributed by atoms with Gasteiger partial charge in [-0.05, 0) is 20.3 Å². The Bertz CT molecular complexity index is 220. The Labute approximate surface area is 67.0 Å². The smallest absolute Gasteiger partial charge is 0.123 e. The van der Waals surface area contributed by atoms with E-state index in [2.05, 4.69) is 16.9 Å². The van der Waals surface area contributed by atoms with Gasteiger partial charge in [0, 0.05) is 5.69 Å². The van der Waals surface area contributed by atoms with Crippen molar-refractivity contribution in [3.63, 3.8) is 0 Å². The lowest BCUT2D eigenvalue weighted by Gasteiger charge is -2.02. The normalized spacial score (nSPS) is 13.5. The zero-order valence-corrected chi connectivity index (χ0v) is 7.31. The highest BCUT2D eigenvalue weighted by Crippen LogP contribution is 2.11. The molecule has 1 rings (SSSR count). The highest BCUT2D eigenvalue weighted by atomic mass is 15.0. The Morgan fingerprint density at radius 1 is 1.55 bits per heavy atom. The van der Waals surface area contributed by atoms with Crippen LogP contribution >= 0.6 is 0 Å². The number of aromatic amines is 1. The molecular weight excluding hydrogens is 138 g/mol. The van der Waals surface area contributed by atoms with Crippen LogP contribution in [0.5, 0.6) is 0 Å². The average Bonchev–Trinajstić information content (AvgIpc) is 2.31. The second-order valence-electron chi connectivity index (χ2n) is 2.85. The zero-order valence-electron chi connectivity index (χ0n) is 7.31. The fraction of sp³-hybridized carbons (Fsp3) is 0.625. The molecule has 0 bridgehead atoms. The predicted molar refractivity (Wildman–Crippen MR) is 45.3 cm³/mol. The lowest BCUT2D eigenvalue weighted by atomic mass is 10.2. The number of hydrogen-bond acceptors (Lipinski definition) is 2. The number of aryl methyl sites for hydroxylation is 2. The molecule has 3 nitrogen and oxygen atoms in total. The van der Waals surface area contributed by atoms with Gasteiger partial charge in [0.05, 0.1) is 11.7 Å². The van der Waals surface area contributed by atoms with Gasteiger partial charge in [0.15, 0.2) is 0 Å². The van der Waals surface area contributed by atoms with Crippen molar-refractivity contribution in [2.75, 3.05) is 0 Å². The first kappa shape index (κ1) is 8.27. The summed E-state index contributed by atoms with van der Waals surface area (Å²) in [5.41, 5.74) is 7.94. The molecule has 0 aliphatic rings. The van der Waals surface area contributed by atoms with Gasteiger partial charge in [0.2, 0.25) is 0 Å². The molecule has 1 aromatic heterocycles. The summed E-state index contributed by atoms with van der Waals surface area (Å²) < 4.78 is 0. The lowest BCUT2D eigenvalue weighted by molar-refractivity contribution is 0.656. The molecule has 1 atom stereocenters. The maximum Gasteiger partial charge on any atom is 0.123 e. The summed E-state index contributed by atoms with van der Waals surface area (Å²) in [6.45, 7) is 6.05. The molecule has 0 saturated heterocycles. The number of nitrogens with two attached hydrogens (primary N) is 1. The zero-order chi connectivity index (χ0) is 8.43. The molecular formula is C8H15N3. The van der Waals surface area contributed by atoms with Crippen LogP contribution in [0.2, 0.25) is 0 Å². The molecule has 3 N–H and O–H groups in total. The Hall–Kier alpha value is -0.830. The van der Waals surface area contributed by atoms with Gasteiger partial charge >= 0.3 is 0 Å². The van der Waals surface area contributed by atoms with Gasteiger partial charge in [-0.3, -0.25) is 0 Å². The van der Waals surface area contributed by atoms with Gasteiger partial charge < -0.3 is 10.7 Å². The summed E-state index contributed by atoms with van der Waals surface area (Å²) in [5.74, 6) is 0.905. The Morgan fingerprint density at radius 3 is 2.55 bits per heavy atom. The van der Waals surface area contributed by atoms with Crippen LogP contribution in [-0.2, 0) is 0 Å². The van der Waals surface area contributed by atoms with E-state index in [1.54, 1.807) is 0 Å². The number of nitrogens with one attached hydrogen (secondary N) is 1. The van der Waals surface area contributed by atoms with E-state index >= 15 is 0 Å². The summed E-state index contributed by atoms with van der Waals surface area (Å²) in [4.78, 5) is 7.46. The predicted octanol–water partition coefficient (Wildman–Crippen LogP) is 1.44. The van der Waals surface area contributed by atoms with Crippen molar-refractivity contribution in [3.8, 4) is 0 Å². The fourth-order valence-corrected chi connectivity index (χ4v) is 0.944. The van der Waals surface area contributed by atoms with Crippen molar-refractivity contribution in [3.05, 3.63) is 17.2 Å². The number of nitrogens with zero attached hydrogens (tertiary/aromatic N) is 1. The number of imidazole rings is 1. The van der Waals surface area contributed by atoms with Crippen molar-refractivity contribution in [1.82, 2.24) is 9.97 Å². The van der Waals surface area contributed by atoms with Gasteiger partial charge in [-0.25, -0.2) is 4.98 Å². The van der Waals surface area contributed by atoms with Crippen LogP contribution in [0.3, 0.4) is 0 Å². The van der Waals surface area contributed by atoms with Crippen molar-refractivity contribution in [2.45, 2.75) is 33.2 Å². The van der Waals surface area contributed by atoms with E-state index in [-0.39, 0.29) is 6.04 Å². The van der Waals surface area contributed by atoms with Crippen molar-refractivity contribution in [1.29, 1.82) is 0 Å². The minimum Gasteiger partial charge on any atom is -0.345 e. The molecule has 62 valence electrons. The van der Waals surface area contributed by atoms with Crippen LogP contribution in [0.1, 0.15) is 36.6 Å². The van der Waals surface area contributed by atoms with Crippen LogP contribution in [0.4, 0.5) is 0 Å². The molecule has 0 unspecified atom stereocenters. The van der Waals surface area contributed by atoms with Crippen molar-refractivity contribution < 1.29 is 0 Å². The molecule has 3 heteroatoms. The van der Waals surface area contributed by atoms with Crippen molar-refractivity contribution in [2.24, 2.45) is 5.73 Å². The molecule has 0 radical (unpaired) electrons. The number of hydrogen-bond donors (Lipinski definition) is 2. The van der Waals surface area contributed by atoms with E-state index in [4.69, 9.17) is 5.73 Å². The largest absolute Gasteiger partial charge is 0.345 e. The van der Waals surface area contributed by atoms with Crippen molar-refractivity contribution >= 4 is 0 Å². The molecule has 0 aromatic carbocycles. The molecule has 11 heavy (non-hydrogen) atoms. The average molecular weight is 153 g/mol. The first-order chi connectivity index (χ1) is 5.15. The van der Waals surface area contributed by atoms with Crippen LogP contribution in [0.15, 0.2) is 0 Å². The molecule has 0 aliphatic heterocycles. The topological polar surface area (TPSA) is 54.7 Å². The third-order valence-corrected chi connectivity index (χ3v) is 1.94.